The molecule has 0 aromatic heterocycles. The van der Waals surface area contributed by atoms with Crippen molar-refractivity contribution < 1.29 is 18.0 Å². The van der Waals surface area contributed by atoms with Gasteiger partial charge in [0.2, 0.25) is 21.8 Å². The number of rotatable bonds is 11. The Kier molecular flexibility index (Phi) is 9.73. The predicted octanol–water partition coefficient (Wildman–Crippen LogP) is 3.75. The van der Waals surface area contributed by atoms with E-state index in [1.165, 1.54) is 4.90 Å². The summed E-state index contributed by atoms with van der Waals surface area (Å²) >= 11 is 6.22. The van der Waals surface area contributed by atoms with Crippen molar-refractivity contribution in [3.8, 4) is 0 Å². The van der Waals surface area contributed by atoms with E-state index in [0.29, 0.717) is 6.54 Å². The lowest BCUT2D eigenvalue weighted by Crippen LogP contribution is -2.51. The molecule has 0 bridgehead atoms. The Balaban J connectivity index is 2.34. The van der Waals surface area contributed by atoms with Gasteiger partial charge in [0.1, 0.15) is 12.6 Å². The van der Waals surface area contributed by atoms with Gasteiger partial charge in [-0.05, 0) is 38.0 Å². The minimum absolute atomic E-state index is 0.168. The molecule has 2 amide bonds. The van der Waals surface area contributed by atoms with Crippen LogP contribution >= 0.6 is 11.6 Å². The second-order valence-corrected chi connectivity index (χ2v) is 10.4. The van der Waals surface area contributed by atoms with Crippen LogP contribution in [0.5, 0.6) is 0 Å². The number of halogens is 1. The van der Waals surface area contributed by atoms with Gasteiger partial charge in [-0.2, -0.15) is 0 Å². The Morgan fingerprint density at radius 3 is 2.30 bits per heavy atom. The molecule has 2 aromatic rings. The number of hydrogen-bond donors (Lipinski definition) is 1. The van der Waals surface area contributed by atoms with Gasteiger partial charge in [-0.15, -0.1) is 0 Å². The maximum atomic E-state index is 13.4. The van der Waals surface area contributed by atoms with Crippen LogP contribution in [-0.4, -0.2) is 50.5 Å². The first-order chi connectivity index (χ1) is 15.5. The van der Waals surface area contributed by atoms with Crippen molar-refractivity contribution in [2.45, 2.75) is 46.2 Å². The van der Waals surface area contributed by atoms with Crippen molar-refractivity contribution >= 4 is 39.1 Å². The molecule has 0 fully saturated rings. The zero-order valence-electron chi connectivity index (χ0n) is 19.5. The lowest BCUT2D eigenvalue weighted by atomic mass is 10.1. The number of carbonyl (C=O) groups excluding carboxylic acids is 2. The van der Waals surface area contributed by atoms with E-state index in [9.17, 15) is 18.0 Å². The van der Waals surface area contributed by atoms with Crippen molar-refractivity contribution in [3.63, 3.8) is 0 Å². The Morgan fingerprint density at radius 2 is 1.73 bits per heavy atom. The largest absolute Gasteiger partial charge is 0.354 e. The second kappa shape index (κ2) is 12.0. The minimum atomic E-state index is -3.81. The van der Waals surface area contributed by atoms with Gasteiger partial charge in [0.15, 0.2) is 0 Å². The third kappa shape index (κ3) is 7.75. The summed E-state index contributed by atoms with van der Waals surface area (Å²) in [5, 5.41) is 3.07. The topological polar surface area (TPSA) is 86.8 Å². The smallest absolute Gasteiger partial charge is 0.244 e. The maximum Gasteiger partial charge on any atom is 0.244 e. The summed E-state index contributed by atoms with van der Waals surface area (Å²) in [6.45, 7) is 5.85. The van der Waals surface area contributed by atoms with E-state index in [2.05, 4.69) is 5.32 Å². The fourth-order valence-corrected chi connectivity index (χ4v) is 4.41. The first-order valence-corrected chi connectivity index (χ1v) is 13.1. The number of aryl methyl sites for hydroxylation is 1. The first kappa shape index (κ1) is 26.7. The number of benzene rings is 2. The van der Waals surface area contributed by atoms with E-state index < -0.39 is 28.5 Å². The van der Waals surface area contributed by atoms with Gasteiger partial charge in [0, 0.05) is 13.1 Å². The zero-order chi connectivity index (χ0) is 24.6. The summed E-state index contributed by atoms with van der Waals surface area (Å²) in [6.07, 6.45) is 2.79. The molecule has 0 aliphatic heterocycles. The Bertz CT molecular complexity index is 1060. The van der Waals surface area contributed by atoms with Crippen LogP contribution in [0, 0.1) is 6.92 Å². The molecule has 0 radical (unpaired) electrons. The van der Waals surface area contributed by atoms with Crippen molar-refractivity contribution in [1.82, 2.24) is 10.2 Å². The van der Waals surface area contributed by atoms with Crippen LogP contribution < -0.4 is 9.62 Å². The standard InChI is InChI=1S/C24H32ClN3O4S/c1-5-6-15-26-24(30)19(3)27(16-20-13-11-18(2)12-14-20)23(29)17-28(33(4,31)32)22-10-8-7-9-21(22)25/h7-14,19H,5-6,15-17H2,1-4H3,(H,26,30)/t19-/m1/s1. The summed E-state index contributed by atoms with van der Waals surface area (Å²) in [4.78, 5) is 27.6. The summed E-state index contributed by atoms with van der Waals surface area (Å²) < 4.78 is 26.0. The fourth-order valence-electron chi connectivity index (χ4n) is 3.26. The van der Waals surface area contributed by atoms with Crippen molar-refractivity contribution in [1.29, 1.82) is 0 Å². The van der Waals surface area contributed by atoms with Crippen molar-refractivity contribution in [2.75, 3.05) is 23.7 Å². The highest BCUT2D eigenvalue weighted by Crippen LogP contribution is 2.27. The number of nitrogens with one attached hydrogen (secondary N) is 1. The number of nitrogens with zero attached hydrogens (tertiary/aromatic N) is 2. The lowest BCUT2D eigenvalue weighted by molar-refractivity contribution is -0.139. The van der Waals surface area contributed by atoms with Gasteiger partial charge in [-0.1, -0.05) is 66.9 Å². The van der Waals surface area contributed by atoms with Crippen LogP contribution in [0.3, 0.4) is 0 Å². The quantitative estimate of drug-likeness (QED) is 0.483. The van der Waals surface area contributed by atoms with E-state index in [1.807, 2.05) is 38.1 Å². The molecule has 0 unspecified atom stereocenters. The van der Waals surface area contributed by atoms with E-state index in [-0.39, 0.29) is 23.2 Å². The molecule has 180 valence electrons. The van der Waals surface area contributed by atoms with Gasteiger partial charge < -0.3 is 10.2 Å². The normalized spacial score (nSPS) is 12.2. The summed E-state index contributed by atoms with van der Waals surface area (Å²) in [5.74, 6) is -0.786. The molecular weight excluding hydrogens is 462 g/mol. The fraction of sp³-hybridized carbons (Fsp3) is 0.417. The molecule has 2 aromatic carbocycles. The average Bonchev–Trinajstić information content (AvgIpc) is 2.76. The molecule has 0 saturated heterocycles. The third-order valence-corrected chi connectivity index (χ3v) is 6.72. The zero-order valence-corrected chi connectivity index (χ0v) is 21.1. The number of amides is 2. The maximum absolute atomic E-state index is 13.4. The molecule has 0 aliphatic rings. The average molecular weight is 494 g/mol. The molecular formula is C24H32ClN3O4S. The van der Waals surface area contributed by atoms with E-state index in [0.717, 1.165) is 34.5 Å². The Morgan fingerprint density at radius 1 is 1.09 bits per heavy atom. The van der Waals surface area contributed by atoms with Crippen molar-refractivity contribution in [2.24, 2.45) is 0 Å². The summed E-state index contributed by atoms with van der Waals surface area (Å²) in [6, 6.07) is 13.3. The highest BCUT2D eigenvalue weighted by Gasteiger charge is 2.30. The van der Waals surface area contributed by atoms with Crippen LogP contribution in [0.15, 0.2) is 48.5 Å². The summed E-state index contributed by atoms with van der Waals surface area (Å²) in [5.41, 5.74) is 2.13. The van der Waals surface area contributed by atoms with E-state index in [1.54, 1.807) is 31.2 Å². The number of sulfonamides is 1. The molecule has 0 aliphatic carbocycles. The molecule has 7 nitrogen and oxygen atoms in total. The van der Waals surface area contributed by atoms with Gasteiger partial charge in [-0.25, -0.2) is 8.42 Å². The molecule has 9 heteroatoms. The molecule has 1 atom stereocenters. The molecule has 33 heavy (non-hydrogen) atoms. The lowest BCUT2D eigenvalue weighted by Gasteiger charge is -2.31. The van der Waals surface area contributed by atoms with E-state index >= 15 is 0 Å². The third-order valence-electron chi connectivity index (χ3n) is 5.27. The monoisotopic (exact) mass is 493 g/mol. The summed E-state index contributed by atoms with van der Waals surface area (Å²) in [7, 11) is -3.81. The van der Waals surface area contributed by atoms with Gasteiger partial charge in [0.05, 0.1) is 17.0 Å². The van der Waals surface area contributed by atoms with Gasteiger partial charge in [-0.3, -0.25) is 13.9 Å². The first-order valence-electron chi connectivity index (χ1n) is 10.9. The Hall–Kier alpha value is -2.58. The molecule has 0 spiro atoms. The SMILES string of the molecule is CCCCNC(=O)[C@@H](C)N(Cc1ccc(C)cc1)C(=O)CN(c1ccccc1Cl)S(C)(=O)=O. The number of carbonyl (C=O) groups is 2. The van der Waals surface area contributed by atoms with Crippen LogP contribution in [-0.2, 0) is 26.2 Å². The predicted molar refractivity (Wildman–Crippen MR) is 133 cm³/mol. The highest BCUT2D eigenvalue weighted by atomic mass is 35.5. The molecule has 0 heterocycles. The number of anilines is 1. The molecule has 0 saturated carbocycles. The van der Waals surface area contributed by atoms with Crippen LogP contribution in [0.2, 0.25) is 5.02 Å². The molecule has 1 N–H and O–H groups in total. The van der Waals surface area contributed by atoms with Gasteiger partial charge >= 0.3 is 0 Å². The molecule has 2 rings (SSSR count). The second-order valence-electron chi connectivity index (χ2n) is 8.05. The highest BCUT2D eigenvalue weighted by molar-refractivity contribution is 7.92. The van der Waals surface area contributed by atoms with E-state index in [4.69, 9.17) is 11.6 Å². The minimum Gasteiger partial charge on any atom is -0.354 e. The van der Waals surface area contributed by atoms with Gasteiger partial charge in [0.25, 0.3) is 0 Å². The van der Waals surface area contributed by atoms with Crippen LogP contribution in [0.25, 0.3) is 0 Å². The van der Waals surface area contributed by atoms with Crippen LogP contribution in [0.1, 0.15) is 37.8 Å². The number of para-hydroxylation sites is 1. The van der Waals surface area contributed by atoms with Crippen molar-refractivity contribution in [3.05, 3.63) is 64.7 Å². The number of hydrogen-bond acceptors (Lipinski definition) is 4. The number of unbranched alkanes of at least 4 members (excludes halogenated alkanes) is 1. The Labute approximate surface area is 201 Å². The van der Waals surface area contributed by atoms with Crippen LogP contribution in [0.4, 0.5) is 5.69 Å².